The number of ether oxygens (including phenoxy) is 1. The summed E-state index contributed by atoms with van der Waals surface area (Å²) in [6, 6.07) is 5.49. The fourth-order valence-electron chi connectivity index (χ4n) is 2.42. The number of carbonyl (C=O) groups is 1. The Morgan fingerprint density at radius 1 is 1.26 bits per heavy atom. The average molecular weight is 447 g/mol. The maximum atomic E-state index is 11.9. The van der Waals surface area contributed by atoms with Crippen molar-refractivity contribution in [2.45, 2.75) is 24.5 Å². The first-order valence-corrected chi connectivity index (χ1v) is 10.7. The van der Waals surface area contributed by atoms with Gasteiger partial charge in [0.1, 0.15) is 16.7 Å². The molecule has 144 valence electrons. The Hall–Kier alpha value is -1.21. The molecule has 1 aromatic heterocycles. The molecule has 1 aliphatic rings. The molecule has 1 heterocycles. The Morgan fingerprint density at radius 3 is 2.59 bits per heavy atom. The summed E-state index contributed by atoms with van der Waals surface area (Å²) < 4.78 is 4.77. The van der Waals surface area contributed by atoms with Crippen molar-refractivity contribution in [2.24, 2.45) is 0 Å². The Kier molecular flexibility index (Phi) is 7.09. The quantitative estimate of drug-likeness (QED) is 0.430. The lowest BCUT2D eigenvalue weighted by Crippen LogP contribution is -2.14. The van der Waals surface area contributed by atoms with Crippen molar-refractivity contribution in [1.82, 2.24) is 9.97 Å². The van der Waals surface area contributed by atoms with Gasteiger partial charge in [0.15, 0.2) is 5.69 Å². The smallest absolute Gasteiger partial charge is 0.358 e. The summed E-state index contributed by atoms with van der Waals surface area (Å²) in [7, 11) is 1.31. The van der Waals surface area contributed by atoms with Crippen molar-refractivity contribution < 1.29 is 9.53 Å². The number of aromatic nitrogens is 2. The number of hydrogen-bond acceptors (Lipinski definition) is 6. The molecular formula is C18H18Cl3N3O2S. The second-order valence-corrected chi connectivity index (χ2v) is 8.34. The third-order valence-electron chi connectivity index (χ3n) is 4.04. The minimum atomic E-state index is -0.560. The van der Waals surface area contributed by atoms with Crippen LogP contribution in [-0.2, 0) is 10.5 Å². The van der Waals surface area contributed by atoms with Gasteiger partial charge in [-0.1, -0.05) is 40.9 Å². The molecule has 1 aromatic carbocycles. The molecular weight excluding hydrogens is 429 g/mol. The standard InChI is InChI=1S/C18H18Cl3N3O2S/c1-26-18(25)15-14(21)17(24-16(23-15)10-5-6-10)22-7-8-27-9-11-12(19)3-2-4-13(11)20/h2-4,10H,5-9H2,1H3,(H,22,23,24). The number of nitrogens with one attached hydrogen (secondary N) is 1. The van der Waals surface area contributed by atoms with Crippen molar-refractivity contribution >= 4 is 58.4 Å². The molecule has 0 atom stereocenters. The number of esters is 1. The van der Waals surface area contributed by atoms with E-state index in [1.807, 2.05) is 18.2 Å². The molecule has 0 spiro atoms. The van der Waals surface area contributed by atoms with Crippen LogP contribution in [0.2, 0.25) is 15.1 Å². The van der Waals surface area contributed by atoms with Gasteiger partial charge in [0, 0.05) is 34.0 Å². The molecule has 5 nitrogen and oxygen atoms in total. The molecule has 0 saturated heterocycles. The minimum absolute atomic E-state index is 0.106. The molecule has 0 bridgehead atoms. The highest BCUT2D eigenvalue weighted by Crippen LogP contribution is 2.39. The molecule has 0 radical (unpaired) electrons. The van der Waals surface area contributed by atoms with Gasteiger partial charge < -0.3 is 10.1 Å². The SMILES string of the molecule is COC(=O)c1nc(C2CC2)nc(NCCSCc2c(Cl)cccc2Cl)c1Cl. The van der Waals surface area contributed by atoms with E-state index in [2.05, 4.69) is 15.3 Å². The summed E-state index contributed by atoms with van der Waals surface area (Å²) in [4.78, 5) is 20.7. The Balaban J connectivity index is 1.60. The van der Waals surface area contributed by atoms with Gasteiger partial charge in [-0.15, -0.1) is 0 Å². The highest BCUT2D eigenvalue weighted by Gasteiger charge is 2.30. The van der Waals surface area contributed by atoms with Crippen LogP contribution in [0, 0.1) is 0 Å². The average Bonchev–Trinajstić information content (AvgIpc) is 3.49. The second kappa shape index (κ2) is 9.32. The van der Waals surface area contributed by atoms with E-state index < -0.39 is 5.97 Å². The van der Waals surface area contributed by atoms with Gasteiger partial charge in [0.25, 0.3) is 0 Å². The van der Waals surface area contributed by atoms with Gasteiger partial charge in [0.05, 0.1) is 7.11 Å². The third kappa shape index (κ3) is 5.19. The van der Waals surface area contributed by atoms with Gasteiger partial charge >= 0.3 is 5.97 Å². The topological polar surface area (TPSA) is 64.1 Å². The lowest BCUT2D eigenvalue weighted by Gasteiger charge is -2.12. The van der Waals surface area contributed by atoms with Crippen LogP contribution in [-0.4, -0.2) is 35.3 Å². The number of rotatable bonds is 8. The summed E-state index contributed by atoms with van der Waals surface area (Å²) in [6.07, 6.45) is 2.05. The van der Waals surface area contributed by atoms with Gasteiger partial charge in [-0.2, -0.15) is 11.8 Å². The summed E-state index contributed by atoms with van der Waals surface area (Å²) in [5.41, 5.74) is 1.03. The van der Waals surface area contributed by atoms with E-state index in [9.17, 15) is 4.79 Å². The van der Waals surface area contributed by atoms with Crippen molar-refractivity contribution in [3.63, 3.8) is 0 Å². The van der Waals surface area contributed by atoms with Crippen LogP contribution in [0.25, 0.3) is 0 Å². The molecule has 2 aromatic rings. The van der Waals surface area contributed by atoms with E-state index in [0.29, 0.717) is 39.9 Å². The summed E-state index contributed by atoms with van der Waals surface area (Å²) in [6.45, 7) is 0.619. The van der Waals surface area contributed by atoms with E-state index in [1.54, 1.807) is 11.8 Å². The minimum Gasteiger partial charge on any atom is -0.464 e. The number of carbonyl (C=O) groups excluding carboxylic acids is 1. The summed E-state index contributed by atoms with van der Waals surface area (Å²) >= 11 is 20.4. The van der Waals surface area contributed by atoms with Crippen LogP contribution < -0.4 is 5.32 Å². The van der Waals surface area contributed by atoms with E-state index in [1.165, 1.54) is 7.11 Å². The van der Waals surface area contributed by atoms with Crippen molar-refractivity contribution in [3.05, 3.63) is 50.3 Å². The highest BCUT2D eigenvalue weighted by atomic mass is 35.5. The molecule has 1 saturated carbocycles. The van der Waals surface area contributed by atoms with Crippen LogP contribution in [0.5, 0.6) is 0 Å². The van der Waals surface area contributed by atoms with Crippen LogP contribution in [0.1, 0.15) is 40.6 Å². The van der Waals surface area contributed by atoms with Gasteiger partial charge in [0.2, 0.25) is 0 Å². The van der Waals surface area contributed by atoms with E-state index in [0.717, 1.165) is 24.2 Å². The first-order chi connectivity index (χ1) is 13.0. The number of nitrogens with zero attached hydrogens (tertiary/aromatic N) is 2. The normalized spacial score (nSPS) is 13.5. The fourth-order valence-corrected chi connectivity index (χ4v) is 4.25. The zero-order valence-corrected chi connectivity index (χ0v) is 17.7. The Morgan fingerprint density at radius 2 is 1.96 bits per heavy atom. The first-order valence-electron chi connectivity index (χ1n) is 8.41. The molecule has 1 aliphatic carbocycles. The van der Waals surface area contributed by atoms with E-state index >= 15 is 0 Å². The number of benzene rings is 1. The molecule has 1 N–H and O–H groups in total. The number of thioether (sulfide) groups is 1. The zero-order chi connectivity index (χ0) is 19.4. The lowest BCUT2D eigenvalue weighted by atomic mass is 10.2. The Labute approximate surface area is 177 Å². The number of methoxy groups -OCH3 is 1. The maximum absolute atomic E-state index is 11.9. The van der Waals surface area contributed by atoms with Crippen LogP contribution >= 0.6 is 46.6 Å². The zero-order valence-electron chi connectivity index (χ0n) is 14.6. The van der Waals surface area contributed by atoms with E-state index in [4.69, 9.17) is 39.5 Å². The largest absolute Gasteiger partial charge is 0.464 e. The van der Waals surface area contributed by atoms with Crippen molar-refractivity contribution in [2.75, 3.05) is 24.7 Å². The monoisotopic (exact) mass is 445 g/mol. The second-order valence-electron chi connectivity index (χ2n) is 6.04. The number of hydrogen-bond donors (Lipinski definition) is 1. The predicted molar refractivity (Wildman–Crippen MR) is 111 cm³/mol. The van der Waals surface area contributed by atoms with Gasteiger partial charge in [-0.3, -0.25) is 0 Å². The molecule has 27 heavy (non-hydrogen) atoms. The Bertz CT molecular complexity index is 827. The molecule has 9 heteroatoms. The number of halogens is 3. The lowest BCUT2D eigenvalue weighted by molar-refractivity contribution is 0.0593. The third-order valence-corrected chi connectivity index (χ3v) is 6.09. The van der Waals surface area contributed by atoms with Crippen LogP contribution in [0.3, 0.4) is 0 Å². The molecule has 0 aliphatic heterocycles. The van der Waals surface area contributed by atoms with Gasteiger partial charge in [-0.05, 0) is 30.5 Å². The molecule has 0 unspecified atom stereocenters. The van der Waals surface area contributed by atoms with Crippen LogP contribution in [0.15, 0.2) is 18.2 Å². The van der Waals surface area contributed by atoms with Crippen LogP contribution in [0.4, 0.5) is 5.82 Å². The fraction of sp³-hybridized carbons (Fsp3) is 0.389. The maximum Gasteiger partial charge on any atom is 0.358 e. The predicted octanol–water partition coefficient (Wildman–Crippen LogP) is 5.45. The molecule has 3 rings (SSSR count). The van der Waals surface area contributed by atoms with Gasteiger partial charge in [-0.25, -0.2) is 14.8 Å². The van der Waals surface area contributed by atoms with E-state index in [-0.39, 0.29) is 10.7 Å². The first kappa shape index (κ1) is 20.5. The molecule has 1 fully saturated rings. The molecule has 0 amide bonds. The summed E-state index contributed by atoms with van der Waals surface area (Å²) in [5.74, 6) is 2.33. The van der Waals surface area contributed by atoms with Crippen molar-refractivity contribution in [3.8, 4) is 0 Å². The summed E-state index contributed by atoms with van der Waals surface area (Å²) in [5, 5.41) is 4.71. The number of anilines is 1. The van der Waals surface area contributed by atoms with Crippen molar-refractivity contribution in [1.29, 1.82) is 0 Å². The highest BCUT2D eigenvalue weighted by molar-refractivity contribution is 7.98.